The van der Waals surface area contributed by atoms with E-state index in [2.05, 4.69) is 5.32 Å². The number of nitrogens with one attached hydrogen (secondary N) is 1. The molecule has 1 aromatic heterocycles. The lowest BCUT2D eigenvalue weighted by atomic mass is 10.0. The zero-order valence-corrected chi connectivity index (χ0v) is 19.1. The number of nitrogens with zero attached hydrogens (tertiary/aromatic N) is 2. The molecule has 4 rings (SSSR count). The van der Waals surface area contributed by atoms with Crippen LogP contribution in [0, 0.1) is 5.82 Å². The largest absolute Gasteiger partial charge is 0.459 e. The predicted molar refractivity (Wildman–Crippen MR) is 122 cm³/mol. The molecule has 1 fully saturated rings. The first kappa shape index (κ1) is 23.7. The van der Waals surface area contributed by atoms with Crippen LogP contribution in [0.15, 0.2) is 82.3 Å². The lowest BCUT2D eigenvalue weighted by molar-refractivity contribution is -0.134. The van der Waals surface area contributed by atoms with E-state index in [4.69, 9.17) is 4.42 Å². The Hall–Kier alpha value is -3.50. The Morgan fingerprint density at radius 3 is 2.26 bits per heavy atom. The molecule has 1 saturated heterocycles. The number of hydrogen-bond donors (Lipinski definition) is 1. The van der Waals surface area contributed by atoms with Gasteiger partial charge in [-0.25, -0.2) is 12.8 Å². The molecule has 0 radical (unpaired) electrons. The number of benzene rings is 2. The van der Waals surface area contributed by atoms with Crippen molar-refractivity contribution >= 4 is 21.8 Å². The Bertz CT molecular complexity index is 1240. The van der Waals surface area contributed by atoms with E-state index in [0.717, 1.165) is 11.6 Å². The minimum atomic E-state index is -4.02. The molecule has 1 aliphatic rings. The Labute approximate surface area is 197 Å². The molecule has 1 atom stereocenters. The van der Waals surface area contributed by atoms with E-state index >= 15 is 0 Å². The highest BCUT2D eigenvalue weighted by Gasteiger charge is 2.34. The molecule has 0 saturated carbocycles. The summed E-state index contributed by atoms with van der Waals surface area (Å²) in [4.78, 5) is 27.0. The Morgan fingerprint density at radius 1 is 0.941 bits per heavy atom. The van der Waals surface area contributed by atoms with Crippen molar-refractivity contribution in [2.75, 3.05) is 26.2 Å². The third-order valence-electron chi connectivity index (χ3n) is 5.64. The van der Waals surface area contributed by atoms with E-state index in [1.807, 2.05) is 30.3 Å². The van der Waals surface area contributed by atoms with Crippen LogP contribution in [0.2, 0.25) is 0 Å². The van der Waals surface area contributed by atoms with E-state index < -0.39 is 27.8 Å². The number of carbonyl (C=O) groups excluding carboxylic acids is 2. The van der Waals surface area contributed by atoms with Crippen molar-refractivity contribution in [3.63, 3.8) is 0 Å². The molecule has 3 aromatic rings. The first-order valence-electron chi connectivity index (χ1n) is 10.8. The van der Waals surface area contributed by atoms with Crippen LogP contribution in [0.5, 0.6) is 0 Å². The van der Waals surface area contributed by atoms with Crippen LogP contribution in [0.1, 0.15) is 16.1 Å². The van der Waals surface area contributed by atoms with E-state index in [1.165, 1.54) is 39.7 Å². The Kier molecular flexibility index (Phi) is 7.09. The number of carbonyl (C=O) groups is 2. The van der Waals surface area contributed by atoms with Crippen molar-refractivity contribution in [3.8, 4) is 0 Å². The minimum absolute atomic E-state index is 0.0204. The maximum atomic E-state index is 14.1. The molecule has 2 amide bonds. The zero-order valence-electron chi connectivity index (χ0n) is 18.3. The first-order chi connectivity index (χ1) is 16.4. The second-order valence-electron chi connectivity index (χ2n) is 7.85. The average molecular weight is 486 g/mol. The van der Waals surface area contributed by atoms with Gasteiger partial charge in [0, 0.05) is 32.6 Å². The number of piperazine rings is 1. The van der Waals surface area contributed by atoms with Crippen LogP contribution in [0.25, 0.3) is 0 Å². The summed E-state index contributed by atoms with van der Waals surface area (Å²) in [7, 11) is -4.02. The van der Waals surface area contributed by atoms with Crippen LogP contribution in [0.4, 0.5) is 4.39 Å². The third-order valence-corrected chi connectivity index (χ3v) is 7.57. The van der Waals surface area contributed by atoms with Gasteiger partial charge in [0.1, 0.15) is 16.8 Å². The lowest BCUT2D eigenvalue weighted by Gasteiger charge is -2.36. The minimum Gasteiger partial charge on any atom is -0.459 e. The number of furan rings is 1. The van der Waals surface area contributed by atoms with Crippen molar-refractivity contribution in [2.24, 2.45) is 0 Å². The summed E-state index contributed by atoms with van der Waals surface area (Å²) < 4.78 is 46.1. The van der Waals surface area contributed by atoms with Crippen LogP contribution in [-0.4, -0.2) is 61.7 Å². The highest BCUT2D eigenvalue weighted by atomic mass is 32.2. The highest BCUT2D eigenvalue weighted by Crippen LogP contribution is 2.21. The van der Waals surface area contributed by atoms with Crippen LogP contribution in [0.3, 0.4) is 0 Å². The molecule has 1 aliphatic heterocycles. The van der Waals surface area contributed by atoms with E-state index in [-0.39, 0.29) is 49.2 Å². The van der Waals surface area contributed by atoms with Gasteiger partial charge < -0.3 is 14.6 Å². The third kappa shape index (κ3) is 5.18. The molecule has 1 N–H and O–H groups in total. The van der Waals surface area contributed by atoms with Gasteiger partial charge in [0.25, 0.3) is 5.91 Å². The van der Waals surface area contributed by atoms with E-state index in [1.54, 1.807) is 6.07 Å². The highest BCUT2D eigenvalue weighted by molar-refractivity contribution is 7.89. The lowest BCUT2D eigenvalue weighted by Crippen LogP contribution is -2.56. The molecule has 0 unspecified atom stereocenters. The maximum Gasteiger partial charge on any atom is 0.287 e. The average Bonchev–Trinajstić information content (AvgIpc) is 3.39. The fraction of sp³-hybridized carbons (Fsp3) is 0.250. The SMILES string of the molecule is O=C(N[C@@H](Cc1ccccc1)C(=O)N1CCN(S(=O)(=O)c2ccccc2F)CC1)c1ccco1. The summed E-state index contributed by atoms with van der Waals surface area (Å²) in [5.41, 5.74) is 0.862. The second-order valence-corrected chi connectivity index (χ2v) is 9.76. The number of amides is 2. The summed E-state index contributed by atoms with van der Waals surface area (Å²) in [6.45, 7) is 0.280. The predicted octanol–water partition coefficient (Wildman–Crippen LogP) is 2.29. The summed E-state index contributed by atoms with van der Waals surface area (Å²) in [6, 6.07) is 16.7. The number of sulfonamides is 1. The molecule has 34 heavy (non-hydrogen) atoms. The quantitative estimate of drug-likeness (QED) is 0.554. The van der Waals surface area contributed by atoms with E-state index in [9.17, 15) is 22.4 Å². The molecular formula is C24H24FN3O5S. The molecule has 0 bridgehead atoms. The summed E-state index contributed by atoms with van der Waals surface area (Å²) in [5.74, 6) is -1.57. The Balaban J connectivity index is 1.46. The van der Waals surface area contributed by atoms with Gasteiger partial charge in [-0.05, 0) is 29.8 Å². The van der Waals surface area contributed by atoms with Crippen molar-refractivity contribution < 1.29 is 26.8 Å². The van der Waals surface area contributed by atoms with Gasteiger partial charge in [0.05, 0.1) is 6.26 Å². The zero-order chi connectivity index (χ0) is 24.1. The summed E-state index contributed by atoms with van der Waals surface area (Å²) in [6.07, 6.45) is 1.64. The molecule has 2 heterocycles. The fourth-order valence-electron chi connectivity index (χ4n) is 3.85. The van der Waals surface area contributed by atoms with Crippen molar-refractivity contribution in [1.82, 2.24) is 14.5 Å². The Morgan fingerprint density at radius 2 is 1.62 bits per heavy atom. The van der Waals surface area contributed by atoms with E-state index in [0.29, 0.717) is 0 Å². The van der Waals surface area contributed by atoms with Gasteiger partial charge in [-0.2, -0.15) is 4.31 Å². The van der Waals surface area contributed by atoms with Crippen LogP contribution < -0.4 is 5.32 Å². The van der Waals surface area contributed by atoms with Crippen molar-refractivity contribution in [2.45, 2.75) is 17.4 Å². The molecule has 178 valence electrons. The molecule has 2 aromatic carbocycles. The maximum absolute atomic E-state index is 14.1. The number of halogens is 1. The normalized spacial score (nSPS) is 15.6. The van der Waals surface area contributed by atoms with Gasteiger partial charge in [-0.15, -0.1) is 0 Å². The first-order valence-corrected chi connectivity index (χ1v) is 12.2. The van der Waals surface area contributed by atoms with Crippen molar-refractivity contribution in [1.29, 1.82) is 0 Å². The van der Waals surface area contributed by atoms with Gasteiger partial charge >= 0.3 is 0 Å². The van der Waals surface area contributed by atoms with Gasteiger partial charge in [-0.3, -0.25) is 9.59 Å². The van der Waals surface area contributed by atoms with Gasteiger partial charge in [-0.1, -0.05) is 42.5 Å². The molecule has 0 aliphatic carbocycles. The smallest absolute Gasteiger partial charge is 0.287 e. The van der Waals surface area contributed by atoms with Crippen LogP contribution >= 0.6 is 0 Å². The summed E-state index contributed by atoms with van der Waals surface area (Å²) >= 11 is 0. The number of rotatable bonds is 7. The van der Waals surface area contributed by atoms with Crippen LogP contribution in [-0.2, 0) is 21.2 Å². The molecule has 10 heteroatoms. The monoisotopic (exact) mass is 485 g/mol. The van der Waals surface area contributed by atoms with Gasteiger partial charge in [0.15, 0.2) is 5.76 Å². The number of hydrogen-bond acceptors (Lipinski definition) is 5. The standard InChI is InChI=1S/C24H24FN3O5S/c25-19-9-4-5-11-22(19)34(31,32)28-14-12-27(13-15-28)24(30)20(17-18-7-2-1-3-8-18)26-23(29)21-10-6-16-33-21/h1-11,16,20H,12-15,17H2,(H,26,29)/t20-/m0/s1. The molecule has 0 spiro atoms. The van der Waals surface area contributed by atoms with Gasteiger partial charge in [0.2, 0.25) is 15.9 Å². The topological polar surface area (TPSA) is 99.9 Å². The molecular weight excluding hydrogens is 461 g/mol. The second kappa shape index (κ2) is 10.2. The fourth-order valence-corrected chi connectivity index (χ4v) is 5.34. The summed E-state index contributed by atoms with van der Waals surface area (Å²) in [5, 5.41) is 2.73. The van der Waals surface area contributed by atoms with Crippen molar-refractivity contribution in [3.05, 3.63) is 90.1 Å². The molecule has 8 nitrogen and oxygen atoms in total.